The monoisotopic (exact) mass is 255 g/mol. The lowest BCUT2D eigenvalue weighted by molar-refractivity contribution is 0.0834. The largest absolute Gasteiger partial charge is 0.397 e. The van der Waals surface area contributed by atoms with E-state index in [1.165, 1.54) is 18.2 Å². The van der Waals surface area contributed by atoms with Gasteiger partial charge in [-0.3, -0.25) is 4.79 Å². The van der Waals surface area contributed by atoms with Gasteiger partial charge in [-0.15, -0.1) is 0 Å². The van der Waals surface area contributed by atoms with Crippen molar-refractivity contribution in [2.45, 2.75) is 5.54 Å². The van der Waals surface area contributed by atoms with Crippen LogP contribution < -0.4 is 16.8 Å². The highest BCUT2D eigenvalue weighted by Gasteiger charge is 2.28. The Kier molecular flexibility index (Phi) is 4.49. The standard InChI is InChI=1S/C11H17N3O4/c12-8-2-1-7(10(13)18)3-9(8)14-11(4-15,5-16)6-17/h1-3,14-17H,4-6,12H2,(H2,13,18). The third kappa shape index (κ3) is 2.89. The number of nitrogens with two attached hydrogens (primary N) is 2. The molecule has 18 heavy (non-hydrogen) atoms. The Morgan fingerprint density at radius 2 is 1.78 bits per heavy atom. The Morgan fingerprint density at radius 1 is 1.22 bits per heavy atom. The molecule has 7 nitrogen and oxygen atoms in total. The van der Waals surface area contributed by atoms with Gasteiger partial charge in [0.25, 0.3) is 0 Å². The number of rotatable bonds is 6. The number of nitrogen functional groups attached to an aromatic ring is 1. The number of nitrogens with one attached hydrogen (secondary N) is 1. The average Bonchev–Trinajstić information content (AvgIpc) is 2.38. The number of carbonyl (C=O) groups is 1. The second-order valence-corrected chi connectivity index (χ2v) is 4.05. The fourth-order valence-corrected chi connectivity index (χ4v) is 1.37. The highest BCUT2D eigenvalue weighted by molar-refractivity contribution is 5.95. The summed E-state index contributed by atoms with van der Waals surface area (Å²) in [5.74, 6) is -0.624. The molecule has 0 aliphatic heterocycles. The molecule has 1 aromatic carbocycles. The van der Waals surface area contributed by atoms with Crippen LogP contribution in [0, 0.1) is 0 Å². The van der Waals surface area contributed by atoms with Crippen LogP contribution in [-0.2, 0) is 0 Å². The molecule has 0 saturated heterocycles. The van der Waals surface area contributed by atoms with E-state index in [2.05, 4.69) is 5.32 Å². The lowest BCUT2D eigenvalue weighted by Gasteiger charge is -2.30. The Balaban J connectivity index is 3.09. The van der Waals surface area contributed by atoms with E-state index >= 15 is 0 Å². The van der Waals surface area contributed by atoms with E-state index in [0.717, 1.165) is 0 Å². The first kappa shape index (κ1) is 14.2. The topological polar surface area (TPSA) is 142 Å². The van der Waals surface area contributed by atoms with Crippen LogP contribution in [0.1, 0.15) is 10.4 Å². The zero-order valence-electron chi connectivity index (χ0n) is 9.76. The number of anilines is 2. The van der Waals surface area contributed by atoms with Crippen LogP contribution in [0.15, 0.2) is 18.2 Å². The van der Waals surface area contributed by atoms with Gasteiger partial charge in [0.05, 0.1) is 31.2 Å². The zero-order valence-corrected chi connectivity index (χ0v) is 9.76. The van der Waals surface area contributed by atoms with E-state index in [1.807, 2.05) is 0 Å². The van der Waals surface area contributed by atoms with Crippen molar-refractivity contribution in [2.24, 2.45) is 5.73 Å². The van der Waals surface area contributed by atoms with Crippen LogP contribution in [-0.4, -0.2) is 46.6 Å². The minimum absolute atomic E-state index is 0.231. The molecule has 0 saturated carbocycles. The van der Waals surface area contributed by atoms with Gasteiger partial charge < -0.3 is 32.1 Å². The quantitative estimate of drug-likeness (QED) is 0.341. The van der Waals surface area contributed by atoms with Gasteiger partial charge >= 0.3 is 0 Å². The lowest BCUT2D eigenvalue weighted by atomic mass is 10.0. The number of carbonyl (C=O) groups excluding carboxylic acids is 1. The van der Waals surface area contributed by atoms with Crippen molar-refractivity contribution in [1.29, 1.82) is 0 Å². The summed E-state index contributed by atoms with van der Waals surface area (Å²) < 4.78 is 0. The number of benzene rings is 1. The fourth-order valence-electron chi connectivity index (χ4n) is 1.37. The van der Waals surface area contributed by atoms with Gasteiger partial charge in [-0.25, -0.2) is 0 Å². The van der Waals surface area contributed by atoms with Gasteiger partial charge in [-0.2, -0.15) is 0 Å². The second-order valence-electron chi connectivity index (χ2n) is 4.05. The molecule has 0 aromatic heterocycles. The fraction of sp³-hybridized carbons (Fsp3) is 0.364. The first-order chi connectivity index (χ1) is 8.48. The van der Waals surface area contributed by atoms with Crippen LogP contribution in [0.4, 0.5) is 11.4 Å². The zero-order chi connectivity index (χ0) is 13.8. The van der Waals surface area contributed by atoms with Crippen LogP contribution in [0.5, 0.6) is 0 Å². The summed E-state index contributed by atoms with van der Waals surface area (Å²) in [5, 5.41) is 30.3. The van der Waals surface area contributed by atoms with Crippen LogP contribution >= 0.6 is 0 Å². The van der Waals surface area contributed by atoms with E-state index < -0.39 is 31.3 Å². The van der Waals surface area contributed by atoms with E-state index in [1.54, 1.807) is 0 Å². The molecule has 0 fully saturated rings. The molecule has 0 aliphatic carbocycles. The molecule has 1 rings (SSSR count). The molecule has 0 aliphatic rings. The molecule has 0 heterocycles. The molecule has 0 unspecified atom stereocenters. The van der Waals surface area contributed by atoms with Gasteiger partial charge in [0.2, 0.25) is 5.91 Å². The molecule has 100 valence electrons. The highest BCUT2D eigenvalue weighted by Crippen LogP contribution is 2.23. The lowest BCUT2D eigenvalue weighted by Crippen LogP contribution is -2.49. The summed E-state index contributed by atoms with van der Waals surface area (Å²) in [5.41, 5.74) is 10.4. The molecule has 7 heteroatoms. The number of hydrogen-bond acceptors (Lipinski definition) is 6. The summed E-state index contributed by atoms with van der Waals surface area (Å²) in [6.45, 7) is -1.50. The summed E-state index contributed by atoms with van der Waals surface area (Å²) in [4.78, 5) is 11.0. The maximum absolute atomic E-state index is 11.0. The van der Waals surface area contributed by atoms with E-state index in [0.29, 0.717) is 11.4 Å². The molecule has 8 N–H and O–H groups in total. The van der Waals surface area contributed by atoms with Crippen molar-refractivity contribution in [3.63, 3.8) is 0 Å². The van der Waals surface area contributed by atoms with E-state index in [-0.39, 0.29) is 5.56 Å². The Labute approximate surface area is 104 Å². The van der Waals surface area contributed by atoms with Gasteiger partial charge in [0, 0.05) is 5.56 Å². The molecular weight excluding hydrogens is 238 g/mol. The third-order valence-electron chi connectivity index (χ3n) is 2.65. The number of aliphatic hydroxyl groups excluding tert-OH is 3. The summed E-state index contributed by atoms with van der Waals surface area (Å²) in [6, 6.07) is 4.33. The SMILES string of the molecule is NC(=O)c1ccc(N)c(NC(CO)(CO)CO)c1. The van der Waals surface area contributed by atoms with E-state index in [4.69, 9.17) is 11.5 Å². The maximum atomic E-state index is 11.0. The average molecular weight is 255 g/mol. The number of amides is 1. The van der Waals surface area contributed by atoms with Gasteiger partial charge in [0.15, 0.2) is 0 Å². The van der Waals surface area contributed by atoms with Crippen molar-refractivity contribution in [3.8, 4) is 0 Å². The Bertz CT molecular complexity index is 424. The van der Waals surface area contributed by atoms with Crippen molar-refractivity contribution < 1.29 is 20.1 Å². The number of hydrogen-bond donors (Lipinski definition) is 6. The van der Waals surface area contributed by atoms with Gasteiger partial charge in [-0.05, 0) is 18.2 Å². The molecule has 0 spiro atoms. The Hall–Kier alpha value is -1.83. The van der Waals surface area contributed by atoms with Crippen LogP contribution in [0.2, 0.25) is 0 Å². The maximum Gasteiger partial charge on any atom is 0.248 e. The molecule has 0 atom stereocenters. The predicted molar refractivity (Wildman–Crippen MR) is 67.0 cm³/mol. The summed E-state index contributed by atoms with van der Waals surface area (Å²) in [7, 11) is 0. The molecule has 1 amide bonds. The van der Waals surface area contributed by atoms with Crippen molar-refractivity contribution >= 4 is 17.3 Å². The van der Waals surface area contributed by atoms with Crippen molar-refractivity contribution in [1.82, 2.24) is 0 Å². The van der Waals surface area contributed by atoms with Gasteiger partial charge in [0.1, 0.15) is 5.54 Å². The summed E-state index contributed by atoms with van der Waals surface area (Å²) >= 11 is 0. The third-order valence-corrected chi connectivity index (χ3v) is 2.65. The smallest absolute Gasteiger partial charge is 0.248 e. The molecule has 0 bridgehead atoms. The second kappa shape index (κ2) is 5.67. The van der Waals surface area contributed by atoms with Crippen LogP contribution in [0.25, 0.3) is 0 Å². The Morgan fingerprint density at radius 3 is 2.22 bits per heavy atom. The minimum atomic E-state index is -1.32. The number of primary amides is 1. The molecule has 0 radical (unpaired) electrons. The predicted octanol–water partition coefficient (Wildman–Crippen LogP) is -1.50. The van der Waals surface area contributed by atoms with Crippen molar-refractivity contribution in [2.75, 3.05) is 30.9 Å². The first-order valence-electron chi connectivity index (χ1n) is 5.28. The van der Waals surface area contributed by atoms with Gasteiger partial charge in [-0.1, -0.05) is 0 Å². The molecule has 1 aromatic rings. The minimum Gasteiger partial charge on any atom is -0.397 e. The summed E-state index contributed by atoms with van der Waals surface area (Å²) in [6.07, 6.45) is 0. The van der Waals surface area contributed by atoms with Crippen molar-refractivity contribution in [3.05, 3.63) is 23.8 Å². The first-order valence-corrected chi connectivity index (χ1v) is 5.28. The molecular formula is C11H17N3O4. The van der Waals surface area contributed by atoms with E-state index in [9.17, 15) is 20.1 Å². The normalized spacial score (nSPS) is 11.3. The highest BCUT2D eigenvalue weighted by atomic mass is 16.3. The number of aliphatic hydroxyl groups is 3. The van der Waals surface area contributed by atoms with Crippen LogP contribution in [0.3, 0.4) is 0 Å².